The Hall–Kier alpha value is -3.15. The zero-order valence-corrected chi connectivity index (χ0v) is 36.4. The van der Waals surface area contributed by atoms with Crippen molar-refractivity contribution in [2.75, 3.05) is 13.2 Å². The number of allylic oxidation sites excluding steroid dienone is 11. The van der Waals surface area contributed by atoms with Gasteiger partial charge in [-0.1, -0.05) is 190 Å². The second-order valence-electron chi connectivity index (χ2n) is 14.9. The number of ether oxygens (including phenoxy) is 3. The van der Waals surface area contributed by atoms with Crippen LogP contribution in [-0.4, -0.2) is 37.2 Å². The minimum atomic E-state index is -0.815. The molecule has 56 heavy (non-hydrogen) atoms. The third-order valence-corrected chi connectivity index (χ3v) is 9.48. The summed E-state index contributed by atoms with van der Waals surface area (Å²) in [6.07, 6.45) is 54.8. The van der Waals surface area contributed by atoms with E-state index in [1.807, 2.05) is 6.08 Å². The first-order valence-electron chi connectivity index (χ1n) is 22.9. The number of unbranched alkanes of at least 4 members (excludes halogenated alkanes) is 18. The first-order valence-corrected chi connectivity index (χ1v) is 22.9. The lowest BCUT2D eigenvalue weighted by Crippen LogP contribution is -2.30. The number of hydrogen-bond acceptors (Lipinski definition) is 6. The van der Waals surface area contributed by atoms with Gasteiger partial charge in [-0.3, -0.25) is 14.4 Å². The van der Waals surface area contributed by atoms with Gasteiger partial charge in [-0.2, -0.15) is 0 Å². The SMILES string of the molecule is CC/C=C\C/C=C\C/C=C\C/C=C\C/C=C\CC(=O)OCC(COC(=O)CCCCCCCCCCC)OC(=O)CCCCCCC/C=C\CCCCCCC. The fourth-order valence-corrected chi connectivity index (χ4v) is 6.04. The van der Waals surface area contributed by atoms with Gasteiger partial charge >= 0.3 is 17.9 Å². The minimum absolute atomic E-state index is 0.108. The quantitative estimate of drug-likeness (QED) is 0.0267. The lowest BCUT2D eigenvalue weighted by molar-refractivity contribution is -0.166. The van der Waals surface area contributed by atoms with E-state index in [9.17, 15) is 14.4 Å². The predicted molar refractivity (Wildman–Crippen MR) is 238 cm³/mol. The van der Waals surface area contributed by atoms with Gasteiger partial charge in [-0.05, 0) is 70.6 Å². The molecule has 0 rings (SSSR count). The van der Waals surface area contributed by atoms with Crippen LogP contribution >= 0.6 is 0 Å². The third-order valence-electron chi connectivity index (χ3n) is 9.48. The first kappa shape index (κ1) is 52.9. The van der Waals surface area contributed by atoms with E-state index < -0.39 is 12.1 Å². The second kappa shape index (κ2) is 44.6. The van der Waals surface area contributed by atoms with Crippen LogP contribution in [-0.2, 0) is 28.6 Å². The van der Waals surface area contributed by atoms with E-state index in [4.69, 9.17) is 14.2 Å². The van der Waals surface area contributed by atoms with Crippen LogP contribution in [0, 0.1) is 0 Å². The topological polar surface area (TPSA) is 78.9 Å². The highest BCUT2D eigenvalue weighted by Gasteiger charge is 2.19. The van der Waals surface area contributed by atoms with Crippen molar-refractivity contribution >= 4 is 17.9 Å². The predicted octanol–water partition coefficient (Wildman–Crippen LogP) is 14.7. The highest BCUT2D eigenvalue weighted by molar-refractivity contribution is 5.72. The molecule has 0 aromatic heterocycles. The van der Waals surface area contributed by atoms with Crippen molar-refractivity contribution in [3.05, 3.63) is 72.9 Å². The van der Waals surface area contributed by atoms with Gasteiger partial charge in [0.1, 0.15) is 13.2 Å². The highest BCUT2D eigenvalue weighted by Crippen LogP contribution is 2.13. The Morgan fingerprint density at radius 1 is 0.393 bits per heavy atom. The van der Waals surface area contributed by atoms with Crippen molar-refractivity contribution in [3.63, 3.8) is 0 Å². The molecule has 0 aliphatic heterocycles. The Morgan fingerprint density at radius 3 is 1.23 bits per heavy atom. The number of hydrogen-bond donors (Lipinski definition) is 0. The molecular formula is C50H84O6. The average Bonchev–Trinajstić information content (AvgIpc) is 3.19. The van der Waals surface area contributed by atoms with Gasteiger partial charge < -0.3 is 14.2 Å². The molecule has 0 bridgehead atoms. The molecular weight excluding hydrogens is 697 g/mol. The largest absolute Gasteiger partial charge is 0.462 e. The average molecular weight is 781 g/mol. The van der Waals surface area contributed by atoms with Crippen molar-refractivity contribution in [2.45, 2.75) is 213 Å². The van der Waals surface area contributed by atoms with Gasteiger partial charge in [-0.25, -0.2) is 0 Å². The Morgan fingerprint density at radius 2 is 0.768 bits per heavy atom. The standard InChI is InChI=1S/C50H84O6/c1-4-7-10-13-16-19-21-23-25-27-28-31-34-37-40-43-49(52)55-46-47(45-54-48(51)42-39-36-33-30-18-15-12-9-6-3)56-50(53)44-41-38-35-32-29-26-24-22-20-17-14-11-8-5-2/h7,10,16,19,22-25,28,31,37,40,47H,4-6,8-9,11-15,17-18,20-21,26-27,29-30,32-36,38-39,41-46H2,1-3H3/b10-7-,19-16-,24-22-,25-23-,31-28-,40-37-. The molecule has 320 valence electrons. The lowest BCUT2D eigenvalue weighted by Gasteiger charge is -2.18. The molecule has 0 amide bonds. The van der Waals surface area contributed by atoms with Gasteiger partial charge in [0.2, 0.25) is 0 Å². The molecule has 0 heterocycles. The highest BCUT2D eigenvalue weighted by atomic mass is 16.6. The first-order chi connectivity index (χ1) is 27.5. The normalized spacial score (nSPS) is 12.7. The van der Waals surface area contributed by atoms with Crippen molar-refractivity contribution in [3.8, 4) is 0 Å². The molecule has 0 spiro atoms. The fourth-order valence-electron chi connectivity index (χ4n) is 6.04. The lowest BCUT2D eigenvalue weighted by atomic mass is 10.1. The van der Waals surface area contributed by atoms with Crippen LogP contribution in [0.1, 0.15) is 207 Å². The summed E-state index contributed by atoms with van der Waals surface area (Å²) < 4.78 is 16.6. The van der Waals surface area contributed by atoms with Crippen LogP contribution in [0.5, 0.6) is 0 Å². The van der Waals surface area contributed by atoms with Gasteiger partial charge in [-0.15, -0.1) is 0 Å². The number of carbonyl (C=O) groups is 3. The molecule has 0 saturated carbocycles. The van der Waals surface area contributed by atoms with Crippen LogP contribution in [0.2, 0.25) is 0 Å². The summed E-state index contributed by atoms with van der Waals surface area (Å²) in [5.41, 5.74) is 0. The molecule has 6 heteroatoms. The molecule has 0 aliphatic carbocycles. The van der Waals surface area contributed by atoms with Crippen LogP contribution < -0.4 is 0 Å². The van der Waals surface area contributed by atoms with E-state index in [0.717, 1.165) is 83.5 Å². The Labute approximate surface area is 344 Å². The number of esters is 3. The number of carbonyl (C=O) groups excluding carboxylic acids is 3. The van der Waals surface area contributed by atoms with E-state index in [1.54, 1.807) is 6.08 Å². The summed E-state index contributed by atoms with van der Waals surface area (Å²) in [5, 5.41) is 0. The van der Waals surface area contributed by atoms with E-state index >= 15 is 0 Å². The Balaban J connectivity index is 4.51. The maximum Gasteiger partial charge on any atom is 0.309 e. The summed E-state index contributed by atoms with van der Waals surface area (Å²) >= 11 is 0. The maximum atomic E-state index is 12.7. The minimum Gasteiger partial charge on any atom is -0.462 e. The molecule has 0 saturated heterocycles. The van der Waals surface area contributed by atoms with Gasteiger partial charge in [0, 0.05) is 12.8 Å². The summed E-state index contributed by atoms with van der Waals surface area (Å²) in [6, 6.07) is 0. The number of rotatable bonds is 40. The summed E-state index contributed by atoms with van der Waals surface area (Å²) in [7, 11) is 0. The molecule has 0 aromatic rings. The van der Waals surface area contributed by atoms with E-state index in [1.165, 1.54) is 83.5 Å². The van der Waals surface area contributed by atoms with Crippen LogP contribution in [0.25, 0.3) is 0 Å². The molecule has 0 fully saturated rings. The van der Waals surface area contributed by atoms with Gasteiger partial charge in [0.15, 0.2) is 6.10 Å². The van der Waals surface area contributed by atoms with E-state index in [-0.39, 0.29) is 31.6 Å². The summed E-state index contributed by atoms with van der Waals surface area (Å²) in [5.74, 6) is -1.06. The van der Waals surface area contributed by atoms with E-state index in [0.29, 0.717) is 12.8 Å². The Bertz CT molecular complexity index is 1080. The Kier molecular flexibility index (Phi) is 42.1. The van der Waals surface area contributed by atoms with Crippen molar-refractivity contribution in [2.24, 2.45) is 0 Å². The molecule has 0 aromatic carbocycles. The molecule has 0 N–H and O–H groups in total. The van der Waals surface area contributed by atoms with E-state index in [2.05, 4.69) is 81.5 Å². The zero-order valence-electron chi connectivity index (χ0n) is 36.4. The van der Waals surface area contributed by atoms with Crippen LogP contribution in [0.15, 0.2) is 72.9 Å². The van der Waals surface area contributed by atoms with Crippen molar-refractivity contribution in [1.82, 2.24) is 0 Å². The fraction of sp³-hybridized carbons (Fsp3) is 0.700. The van der Waals surface area contributed by atoms with Crippen LogP contribution in [0.4, 0.5) is 0 Å². The monoisotopic (exact) mass is 781 g/mol. The summed E-state index contributed by atoms with van der Waals surface area (Å²) in [4.78, 5) is 37.6. The van der Waals surface area contributed by atoms with Crippen molar-refractivity contribution < 1.29 is 28.6 Å². The molecule has 1 atom stereocenters. The maximum absolute atomic E-state index is 12.7. The molecule has 6 nitrogen and oxygen atoms in total. The summed E-state index contributed by atoms with van der Waals surface area (Å²) in [6.45, 7) is 6.38. The van der Waals surface area contributed by atoms with Gasteiger partial charge in [0.25, 0.3) is 0 Å². The molecule has 0 radical (unpaired) electrons. The van der Waals surface area contributed by atoms with Gasteiger partial charge in [0.05, 0.1) is 6.42 Å². The molecule has 1 unspecified atom stereocenters. The van der Waals surface area contributed by atoms with Crippen LogP contribution in [0.3, 0.4) is 0 Å². The zero-order chi connectivity index (χ0) is 40.8. The smallest absolute Gasteiger partial charge is 0.309 e. The molecule has 0 aliphatic rings. The van der Waals surface area contributed by atoms with Crippen molar-refractivity contribution in [1.29, 1.82) is 0 Å². The third kappa shape index (κ3) is 42.0. The second-order valence-corrected chi connectivity index (χ2v) is 14.9.